The second-order valence-corrected chi connectivity index (χ2v) is 4.77. The molecule has 1 aromatic carbocycles. The van der Waals surface area contributed by atoms with Crippen molar-refractivity contribution >= 4 is 23.0 Å². The second kappa shape index (κ2) is 6.66. The lowest BCUT2D eigenvalue weighted by molar-refractivity contribution is -0.383. The molecule has 0 aliphatic rings. The zero-order valence-corrected chi connectivity index (χ0v) is 12.5. The van der Waals surface area contributed by atoms with E-state index in [0.717, 1.165) is 16.8 Å². The van der Waals surface area contributed by atoms with Crippen LogP contribution in [0.5, 0.6) is 0 Å². The Morgan fingerprint density at radius 2 is 2.00 bits per heavy atom. The number of rotatable bonds is 6. The van der Waals surface area contributed by atoms with Gasteiger partial charge in [-0.3, -0.25) is 10.1 Å². The highest BCUT2D eigenvalue weighted by atomic mass is 16.6. The summed E-state index contributed by atoms with van der Waals surface area (Å²) in [4.78, 5) is 18.7. The number of nitro groups is 1. The van der Waals surface area contributed by atoms with Gasteiger partial charge >= 0.3 is 5.69 Å². The first-order valence-corrected chi connectivity index (χ1v) is 6.71. The summed E-state index contributed by atoms with van der Waals surface area (Å²) in [6.45, 7) is 7.92. The summed E-state index contributed by atoms with van der Waals surface area (Å²) in [5.74, 6) is 0.307. The molecule has 114 valence electrons. The van der Waals surface area contributed by atoms with E-state index in [0.29, 0.717) is 6.54 Å². The van der Waals surface area contributed by atoms with Crippen molar-refractivity contribution in [3.8, 4) is 0 Å². The van der Waals surface area contributed by atoms with Gasteiger partial charge in [0.25, 0.3) is 0 Å². The molecule has 0 saturated heterocycles. The zero-order chi connectivity index (χ0) is 16.1. The van der Waals surface area contributed by atoms with Crippen LogP contribution in [0.2, 0.25) is 0 Å². The van der Waals surface area contributed by atoms with E-state index in [2.05, 4.69) is 27.2 Å². The predicted molar refractivity (Wildman–Crippen MR) is 86.6 cm³/mol. The number of anilines is 3. The van der Waals surface area contributed by atoms with Crippen molar-refractivity contribution in [1.82, 2.24) is 9.97 Å². The van der Waals surface area contributed by atoms with Gasteiger partial charge in [0.15, 0.2) is 0 Å². The van der Waals surface area contributed by atoms with E-state index >= 15 is 0 Å². The molecule has 0 aliphatic heterocycles. The maximum absolute atomic E-state index is 11.3. The summed E-state index contributed by atoms with van der Waals surface area (Å²) in [6.07, 6.45) is 2.88. The van der Waals surface area contributed by atoms with Crippen LogP contribution in [0.25, 0.3) is 0 Å². The Morgan fingerprint density at radius 3 is 2.64 bits per heavy atom. The molecule has 0 unspecified atom stereocenters. The summed E-state index contributed by atoms with van der Waals surface area (Å²) >= 11 is 0. The van der Waals surface area contributed by atoms with Crippen molar-refractivity contribution in [1.29, 1.82) is 0 Å². The number of nitrogens with one attached hydrogen (secondary N) is 2. The van der Waals surface area contributed by atoms with Gasteiger partial charge in [0.1, 0.15) is 6.33 Å². The summed E-state index contributed by atoms with van der Waals surface area (Å²) in [7, 11) is 0. The van der Waals surface area contributed by atoms with Gasteiger partial charge in [-0.15, -0.1) is 6.58 Å². The number of benzene rings is 1. The third-order valence-corrected chi connectivity index (χ3v) is 3.19. The van der Waals surface area contributed by atoms with Crippen LogP contribution in [0.3, 0.4) is 0 Å². The van der Waals surface area contributed by atoms with Gasteiger partial charge in [-0.2, -0.15) is 0 Å². The van der Waals surface area contributed by atoms with Gasteiger partial charge in [0, 0.05) is 12.2 Å². The Labute approximate surface area is 128 Å². The molecule has 2 N–H and O–H groups in total. The Morgan fingerprint density at radius 1 is 1.27 bits per heavy atom. The molecule has 0 aliphatic carbocycles. The minimum Gasteiger partial charge on any atom is -0.361 e. The van der Waals surface area contributed by atoms with Crippen LogP contribution in [0.15, 0.2) is 37.2 Å². The monoisotopic (exact) mass is 299 g/mol. The van der Waals surface area contributed by atoms with Crippen LogP contribution in [0.4, 0.5) is 23.0 Å². The zero-order valence-electron chi connectivity index (χ0n) is 12.5. The average Bonchev–Trinajstić information content (AvgIpc) is 2.48. The maximum Gasteiger partial charge on any atom is 0.353 e. The summed E-state index contributed by atoms with van der Waals surface area (Å²) in [6, 6.07) is 5.71. The largest absolute Gasteiger partial charge is 0.361 e. The Bertz CT molecular complexity index is 715. The Balaban J connectivity index is 2.39. The maximum atomic E-state index is 11.3. The van der Waals surface area contributed by atoms with Crippen LogP contribution in [0.1, 0.15) is 11.1 Å². The number of hydrogen-bond donors (Lipinski definition) is 2. The topological polar surface area (TPSA) is 93.0 Å². The number of aryl methyl sites for hydroxylation is 2. The van der Waals surface area contributed by atoms with Crippen LogP contribution in [0, 0.1) is 24.0 Å². The molecule has 0 bridgehead atoms. The van der Waals surface area contributed by atoms with E-state index in [1.807, 2.05) is 32.0 Å². The number of aromatic nitrogens is 2. The van der Waals surface area contributed by atoms with E-state index in [-0.39, 0.29) is 17.3 Å². The molecule has 0 fully saturated rings. The van der Waals surface area contributed by atoms with Crippen molar-refractivity contribution in [3.05, 3.63) is 58.4 Å². The molecule has 1 aromatic heterocycles. The molecule has 0 radical (unpaired) electrons. The van der Waals surface area contributed by atoms with Gasteiger partial charge in [-0.1, -0.05) is 12.1 Å². The van der Waals surface area contributed by atoms with Crippen LogP contribution >= 0.6 is 0 Å². The fraction of sp³-hybridized carbons (Fsp3) is 0.200. The van der Waals surface area contributed by atoms with Gasteiger partial charge in [-0.05, 0) is 37.1 Å². The summed E-state index contributed by atoms with van der Waals surface area (Å²) in [5.41, 5.74) is 2.78. The molecule has 0 atom stereocenters. The first kappa shape index (κ1) is 15.4. The molecule has 7 nitrogen and oxygen atoms in total. The van der Waals surface area contributed by atoms with Crippen LogP contribution in [-0.4, -0.2) is 21.4 Å². The van der Waals surface area contributed by atoms with Crippen LogP contribution < -0.4 is 10.6 Å². The second-order valence-electron chi connectivity index (χ2n) is 4.77. The molecule has 0 spiro atoms. The smallest absolute Gasteiger partial charge is 0.353 e. The predicted octanol–water partition coefficient (Wildman–Crippen LogP) is 3.34. The van der Waals surface area contributed by atoms with Crippen molar-refractivity contribution in [2.75, 3.05) is 17.2 Å². The molecule has 2 rings (SSSR count). The standard InChI is InChI=1S/C15H17N5O2/c1-4-7-16-14-13(20(21)22)15(18-9-17-14)19-12-6-5-10(2)11(3)8-12/h4-6,8-9H,1,7H2,2-3H3,(H2,16,17,18,19). The highest BCUT2D eigenvalue weighted by Crippen LogP contribution is 2.31. The van der Waals surface area contributed by atoms with Crippen molar-refractivity contribution in [2.24, 2.45) is 0 Å². The molecule has 0 saturated carbocycles. The highest BCUT2D eigenvalue weighted by Gasteiger charge is 2.22. The lowest BCUT2D eigenvalue weighted by Gasteiger charge is -2.10. The molecule has 7 heteroatoms. The Hall–Kier alpha value is -2.96. The lowest BCUT2D eigenvalue weighted by Crippen LogP contribution is -2.08. The van der Waals surface area contributed by atoms with Crippen molar-refractivity contribution in [3.63, 3.8) is 0 Å². The van der Waals surface area contributed by atoms with E-state index in [1.54, 1.807) is 6.08 Å². The number of nitrogens with zero attached hydrogens (tertiary/aromatic N) is 3. The molecular weight excluding hydrogens is 282 g/mol. The van der Waals surface area contributed by atoms with Gasteiger partial charge in [0.05, 0.1) is 4.92 Å². The van der Waals surface area contributed by atoms with Crippen molar-refractivity contribution < 1.29 is 4.92 Å². The van der Waals surface area contributed by atoms with Crippen LogP contribution in [-0.2, 0) is 0 Å². The third kappa shape index (κ3) is 3.38. The summed E-state index contributed by atoms with van der Waals surface area (Å²) < 4.78 is 0. The van der Waals surface area contributed by atoms with Gasteiger partial charge < -0.3 is 10.6 Å². The summed E-state index contributed by atoms with van der Waals surface area (Å²) in [5, 5.41) is 17.2. The van der Waals surface area contributed by atoms with E-state index in [4.69, 9.17) is 0 Å². The Kier molecular flexibility index (Phi) is 4.67. The average molecular weight is 299 g/mol. The first-order chi connectivity index (χ1) is 10.5. The third-order valence-electron chi connectivity index (χ3n) is 3.19. The quantitative estimate of drug-likeness (QED) is 0.483. The normalized spacial score (nSPS) is 10.1. The fourth-order valence-electron chi connectivity index (χ4n) is 1.90. The van der Waals surface area contributed by atoms with E-state index < -0.39 is 4.92 Å². The molecule has 22 heavy (non-hydrogen) atoms. The number of hydrogen-bond acceptors (Lipinski definition) is 6. The lowest BCUT2D eigenvalue weighted by atomic mass is 10.1. The van der Waals surface area contributed by atoms with Gasteiger partial charge in [0.2, 0.25) is 11.6 Å². The molecule has 1 heterocycles. The fourth-order valence-corrected chi connectivity index (χ4v) is 1.90. The SMILES string of the molecule is C=CCNc1ncnc(Nc2ccc(C)c(C)c2)c1[N+](=O)[O-]. The van der Waals surface area contributed by atoms with Crippen molar-refractivity contribution in [2.45, 2.75) is 13.8 Å². The molecule has 0 amide bonds. The first-order valence-electron chi connectivity index (χ1n) is 6.71. The molecular formula is C15H17N5O2. The molecule has 2 aromatic rings. The highest BCUT2D eigenvalue weighted by molar-refractivity contribution is 5.74. The van der Waals surface area contributed by atoms with E-state index in [9.17, 15) is 10.1 Å². The minimum absolute atomic E-state index is 0.148. The van der Waals surface area contributed by atoms with E-state index in [1.165, 1.54) is 6.33 Å². The van der Waals surface area contributed by atoms with Gasteiger partial charge in [-0.25, -0.2) is 9.97 Å². The minimum atomic E-state index is -0.505.